The maximum absolute atomic E-state index is 10.2. The Balaban J connectivity index is 2.03. The molecular weight excluding hydrogens is 306 g/mol. The Morgan fingerprint density at radius 2 is 1.91 bits per heavy atom. The summed E-state index contributed by atoms with van der Waals surface area (Å²) in [7, 11) is 2.23. The molecule has 0 radical (unpaired) electrons. The van der Waals surface area contributed by atoms with E-state index in [1.54, 1.807) is 0 Å². The van der Waals surface area contributed by atoms with Gasteiger partial charge in [0.15, 0.2) is 0 Å². The van der Waals surface area contributed by atoms with Gasteiger partial charge < -0.3 is 10.0 Å². The molecule has 0 saturated carbocycles. The number of phenols is 1. The van der Waals surface area contributed by atoms with Gasteiger partial charge in [0.1, 0.15) is 5.75 Å². The number of aryl methyl sites for hydroxylation is 1. The van der Waals surface area contributed by atoms with Gasteiger partial charge in [0, 0.05) is 18.0 Å². The number of aromatic hydroxyl groups is 1. The second-order valence-electron chi connectivity index (χ2n) is 7.11. The smallest absolute Gasteiger partial charge is 0.134 e. The van der Waals surface area contributed by atoms with E-state index in [9.17, 15) is 5.11 Å². The molecule has 2 aromatic rings. The first kappa shape index (κ1) is 15.0. The molecule has 1 heterocycles. The van der Waals surface area contributed by atoms with Crippen LogP contribution in [0.3, 0.4) is 0 Å². The van der Waals surface area contributed by atoms with Crippen molar-refractivity contribution in [2.75, 3.05) is 13.6 Å². The first-order chi connectivity index (χ1) is 11.0. The van der Waals surface area contributed by atoms with Crippen LogP contribution in [-0.4, -0.2) is 29.6 Å². The molecular formula is C20H22ClNO. The van der Waals surface area contributed by atoms with Gasteiger partial charge in [-0.3, -0.25) is 0 Å². The standard InChI is InChI=1S/C20H22ClNO/c1-20-15-6-4-3-5-13(15)7-8-19(20)22(2)10-9-14-11-17(21)18(23)12-16(14)20/h3-6,11-12,19,23H,7-10H2,1-2H3/t19-,20?/m0/s1. The van der Waals surface area contributed by atoms with Gasteiger partial charge in [-0.15, -0.1) is 0 Å². The summed E-state index contributed by atoms with van der Waals surface area (Å²) >= 11 is 6.19. The van der Waals surface area contributed by atoms with Crippen molar-refractivity contribution in [3.63, 3.8) is 0 Å². The van der Waals surface area contributed by atoms with Crippen molar-refractivity contribution >= 4 is 11.6 Å². The van der Waals surface area contributed by atoms with E-state index < -0.39 is 0 Å². The monoisotopic (exact) mass is 327 g/mol. The van der Waals surface area contributed by atoms with E-state index in [4.69, 9.17) is 11.6 Å². The van der Waals surface area contributed by atoms with Gasteiger partial charge in [-0.25, -0.2) is 0 Å². The Hall–Kier alpha value is -1.51. The number of likely N-dealkylation sites (N-methyl/N-ethyl adjacent to an activating group) is 1. The third-order valence-electron chi connectivity index (χ3n) is 5.93. The van der Waals surface area contributed by atoms with Crippen molar-refractivity contribution in [3.05, 3.63) is 63.7 Å². The Morgan fingerprint density at radius 1 is 1.13 bits per heavy atom. The number of nitrogens with zero attached hydrogens (tertiary/aromatic N) is 1. The number of rotatable bonds is 0. The first-order valence-corrected chi connectivity index (χ1v) is 8.70. The number of hydrogen-bond donors (Lipinski definition) is 1. The van der Waals surface area contributed by atoms with Gasteiger partial charge in [-0.2, -0.15) is 0 Å². The van der Waals surface area contributed by atoms with Gasteiger partial charge in [0.2, 0.25) is 0 Å². The summed E-state index contributed by atoms with van der Waals surface area (Å²) in [4.78, 5) is 2.49. The second-order valence-corrected chi connectivity index (χ2v) is 7.51. The summed E-state index contributed by atoms with van der Waals surface area (Å²) in [6, 6.07) is 13.1. The summed E-state index contributed by atoms with van der Waals surface area (Å²) in [6.45, 7) is 3.36. The van der Waals surface area contributed by atoms with Crippen LogP contribution in [0.15, 0.2) is 36.4 Å². The average molecular weight is 328 g/mol. The normalized spacial score (nSPS) is 26.8. The van der Waals surface area contributed by atoms with E-state index in [0.29, 0.717) is 11.1 Å². The van der Waals surface area contributed by atoms with Crippen LogP contribution in [0.2, 0.25) is 5.02 Å². The van der Waals surface area contributed by atoms with Crippen molar-refractivity contribution in [2.24, 2.45) is 0 Å². The molecule has 0 saturated heterocycles. The van der Waals surface area contributed by atoms with Crippen LogP contribution in [0.25, 0.3) is 0 Å². The highest BCUT2D eigenvalue weighted by Gasteiger charge is 2.46. The predicted molar refractivity (Wildman–Crippen MR) is 94.5 cm³/mol. The fourth-order valence-corrected chi connectivity index (χ4v) is 4.92. The van der Waals surface area contributed by atoms with E-state index in [0.717, 1.165) is 25.8 Å². The SMILES string of the molecule is CN1CCc2cc(Cl)c(O)cc2C2(C)c3ccccc3CC[C@H]12. The molecule has 2 nitrogen and oxygen atoms in total. The molecule has 23 heavy (non-hydrogen) atoms. The maximum atomic E-state index is 10.2. The molecule has 1 unspecified atom stereocenters. The van der Waals surface area contributed by atoms with Crippen LogP contribution < -0.4 is 0 Å². The van der Waals surface area contributed by atoms with Gasteiger partial charge in [0.25, 0.3) is 0 Å². The molecule has 3 heteroatoms. The molecule has 2 atom stereocenters. The molecule has 0 aromatic heterocycles. The highest BCUT2D eigenvalue weighted by molar-refractivity contribution is 6.32. The Bertz CT molecular complexity index is 772. The van der Waals surface area contributed by atoms with Crippen LogP contribution in [0.1, 0.15) is 35.6 Å². The lowest BCUT2D eigenvalue weighted by Gasteiger charge is -2.46. The second kappa shape index (κ2) is 5.25. The number of hydrogen-bond acceptors (Lipinski definition) is 2. The van der Waals surface area contributed by atoms with Crippen LogP contribution in [0, 0.1) is 0 Å². The molecule has 0 bridgehead atoms. The van der Waals surface area contributed by atoms with E-state index in [2.05, 4.69) is 43.1 Å². The Morgan fingerprint density at radius 3 is 2.74 bits per heavy atom. The fourth-order valence-electron chi connectivity index (χ4n) is 4.74. The Labute approximate surface area is 142 Å². The third-order valence-corrected chi connectivity index (χ3v) is 6.23. The molecule has 120 valence electrons. The summed E-state index contributed by atoms with van der Waals surface area (Å²) < 4.78 is 0. The quantitative estimate of drug-likeness (QED) is 0.785. The first-order valence-electron chi connectivity index (χ1n) is 8.32. The van der Waals surface area contributed by atoms with Crippen LogP contribution in [0.4, 0.5) is 0 Å². The lowest BCUT2D eigenvalue weighted by molar-refractivity contribution is 0.167. The third kappa shape index (κ3) is 2.12. The van der Waals surface area contributed by atoms with Crippen molar-refractivity contribution < 1.29 is 5.11 Å². The van der Waals surface area contributed by atoms with Gasteiger partial charge in [-0.05, 0) is 67.6 Å². The van der Waals surface area contributed by atoms with Gasteiger partial charge in [0.05, 0.1) is 5.02 Å². The number of phenolic OH excluding ortho intramolecular Hbond substituents is 1. The Kier molecular flexibility index (Phi) is 3.44. The van der Waals surface area contributed by atoms with Crippen molar-refractivity contribution in [1.29, 1.82) is 0 Å². The summed E-state index contributed by atoms with van der Waals surface area (Å²) in [6.07, 6.45) is 3.24. The van der Waals surface area contributed by atoms with E-state index >= 15 is 0 Å². The van der Waals surface area contributed by atoms with Crippen LogP contribution >= 0.6 is 11.6 Å². The molecule has 4 rings (SSSR count). The molecule has 1 aliphatic carbocycles. The lowest BCUT2D eigenvalue weighted by Crippen LogP contribution is -2.50. The van der Waals surface area contributed by atoms with Crippen LogP contribution in [0.5, 0.6) is 5.75 Å². The largest absolute Gasteiger partial charge is 0.506 e. The maximum Gasteiger partial charge on any atom is 0.134 e. The fraction of sp³-hybridized carbons (Fsp3) is 0.400. The van der Waals surface area contributed by atoms with Crippen molar-refractivity contribution in [2.45, 2.75) is 37.6 Å². The zero-order chi connectivity index (χ0) is 16.2. The van der Waals surface area contributed by atoms with Gasteiger partial charge >= 0.3 is 0 Å². The number of halogens is 1. The topological polar surface area (TPSA) is 23.5 Å². The average Bonchev–Trinajstić information content (AvgIpc) is 2.65. The summed E-state index contributed by atoms with van der Waals surface area (Å²) in [5.74, 6) is 0.193. The minimum absolute atomic E-state index is 0.114. The zero-order valence-electron chi connectivity index (χ0n) is 13.6. The van der Waals surface area contributed by atoms with Crippen molar-refractivity contribution in [3.8, 4) is 5.75 Å². The van der Waals surface area contributed by atoms with Crippen molar-refractivity contribution in [1.82, 2.24) is 4.90 Å². The van der Waals surface area contributed by atoms with E-state index in [1.165, 1.54) is 22.3 Å². The van der Waals surface area contributed by atoms with Crippen LogP contribution in [-0.2, 0) is 18.3 Å². The summed E-state index contributed by atoms with van der Waals surface area (Å²) in [5.41, 5.74) is 5.22. The van der Waals surface area contributed by atoms with E-state index in [-0.39, 0.29) is 11.2 Å². The highest BCUT2D eigenvalue weighted by atomic mass is 35.5. The lowest BCUT2D eigenvalue weighted by atomic mass is 9.63. The minimum atomic E-state index is -0.114. The molecule has 1 aliphatic heterocycles. The van der Waals surface area contributed by atoms with E-state index in [1.807, 2.05) is 12.1 Å². The molecule has 2 aromatic carbocycles. The molecule has 2 aliphatic rings. The zero-order valence-corrected chi connectivity index (χ0v) is 14.4. The molecule has 0 fully saturated rings. The predicted octanol–water partition coefficient (Wildman–Crippen LogP) is 4.15. The minimum Gasteiger partial charge on any atom is -0.506 e. The molecule has 1 N–H and O–H groups in total. The van der Waals surface area contributed by atoms with Gasteiger partial charge in [-0.1, -0.05) is 35.9 Å². The highest BCUT2D eigenvalue weighted by Crippen LogP contribution is 2.48. The summed E-state index contributed by atoms with van der Waals surface area (Å²) in [5, 5.41) is 10.7. The molecule has 0 amide bonds. The number of fused-ring (bicyclic) bond motifs is 5. The number of benzene rings is 2. The molecule has 0 spiro atoms.